The molecular formula is C26H29N5O4. The van der Waals surface area contributed by atoms with Crippen molar-refractivity contribution in [1.29, 1.82) is 0 Å². The third-order valence-corrected chi connectivity index (χ3v) is 6.75. The maximum atomic E-state index is 13.1. The Balaban J connectivity index is 1.45. The number of carbonyl (C=O) groups is 2. The summed E-state index contributed by atoms with van der Waals surface area (Å²) in [6.45, 7) is 6.35. The number of nitrogens with zero attached hydrogens (tertiary/aromatic N) is 4. The molecule has 1 saturated heterocycles. The summed E-state index contributed by atoms with van der Waals surface area (Å²) in [5, 5.41) is 12.8. The van der Waals surface area contributed by atoms with Crippen molar-refractivity contribution in [3.05, 3.63) is 69.6 Å². The molecule has 1 atom stereocenters. The van der Waals surface area contributed by atoms with Gasteiger partial charge in [0.2, 0.25) is 5.91 Å². The third kappa shape index (κ3) is 4.58. The van der Waals surface area contributed by atoms with E-state index in [1.165, 1.54) is 0 Å². The topological polar surface area (TPSA) is 107 Å². The Kier molecular flexibility index (Phi) is 5.92. The Hall–Kier alpha value is -3.88. The molecule has 1 amide bonds. The van der Waals surface area contributed by atoms with Crippen molar-refractivity contribution >= 4 is 29.0 Å². The fourth-order valence-corrected chi connectivity index (χ4v) is 4.69. The molecule has 1 saturated carbocycles. The summed E-state index contributed by atoms with van der Waals surface area (Å²) in [5.74, 6) is 0.0358. The molecule has 2 aliphatic rings. The molecule has 0 bridgehead atoms. The van der Waals surface area contributed by atoms with Gasteiger partial charge >= 0.3 is 5.97 Å². The number of hydrogen-bond donors (Lipinski definition) is 2. The van der Waals surface area contributed by atoms with E-state index < -0.39 is 5.97 Å². The zero-order valence-corrected chi connectivity index (χ0v) is 19.9. The SMILES string of the molecule is Cc1cc(C(C)Nc2ccccc2C(=O)O)c2nc(N3CCN(C(=O)C4CC4)CC3)cc(=O)n2c1. The molecule has 9 nitrogen and oxygen atoms in total. The predicted molar refractivity (Wildman–Crippen MR) is 133 cm³/mol. The van der Waals surface area contributed by atoms with Gasteiger partial charge in [0.15, 0.2) is 0 Å². The minimum absolute atomic E-state index is 0.176. The van der Waals surface area contributed by atoms with E-state index in [9.17, 15) is 19.5 Å². The van der Waals surface area contributed by atoms with Crippen LogP contribution in [0.25, 0.3) is 5.65 Å². The number of rotatable bonds is 6. The average Bonchev–Trinajstić information content (AvgIpc) is 3.69. The fourth-order valence-electron chi connectivity index (χ4n) is 4.69. The van der Waals surface area contributed by atoms with Crippen LogP contribution in [-0.4, -0.2) is 57.4 Å². The van der Waals surface area contributed by atoms with Crippen LogP contribution in [0.15, 0.2) is 47.4 Å². The molecule has 3 heterocycles. The van der Waals surface area contributed by atoms with E-state index in [2.05, 4.69) is 10.2 Å². The first kappa shape index (κ1) is 22.9. The third-order valence-electron chi connectivity index (χ3n) is 6.75. The molecule has 9 heteroatoms. The normalized spacial score (nSPS) is 16.9. The molecular weight excluding hydrogens is 446 g/mol. The maximum Gasteiger partial charge on any atom is 0.337 e. The molecule has 182 valence electrons. The number of nitrogens with one attached hydrogen (secondary N) is 1. The van der Waals surface area contributed by atoms with Crippen LogP contribution >= 0.6 is 0 Å². The number of carbonyl (C=O) groups excluding carboxylic acids is 1. The standard InChI is InChI=1S/C26H29N5O4/c1-16-13-20(17(2)27-21-6-4-3-5-19(21)26(34)35)24-28-22(14-23(32)31(24)15-16)29-9-11-30(12-10-29)25(33)18-7-8-18/h3-6,13-15,17-18,27H,7-12H2,1-2H3,(H,34,35). The van der Waals surface area contributed by atoms with Gasteiger partial charge in [-0.25, -0.2) is 9.78 Å². The summed E-state index contributed by atoms with van der Waals surface area (Å²) >= 11 is 0. The smallest absolute Gasteiger partial charge is 0.337 e. The van der Waals surface area contributed by atoms with Gasteiger partial charge in [-0.15, -0.1) is 0 Å². The number of aryl methyl sites for hydroxylation is 1. The lowest BCUT2D eigenvalue weighted by Gasteiger charge is -2.35. The van der Waals surface area contributed by atoms with Gasteiger partial charge in [0.05, 0.1) is 11.6 Å². The van der Waals surface area contributed by atoms with Crippen molar-refractivity contribution in [2.45, 2.75) is 32.7 Å². The number of anilines is 2. The number of piperazine rings is 1. The second kappa shape index (κ2) is 9.05. The molecule has 1 aromatic carbocycles. The zero-order chi connectivity index (χ0) is 24.7. The van der Waals surface area contributed by atoms with Crippen LogP contribution in [0.4, 0.5) is 11.5 Å². The largest absolute Gasteiger partial charge is 0.478 e. The first-order valence-electron chi connectivity index (χ1n) is 12.0. The highest BCUT2D eigenvalue weighted by atomic mass is 16.4. The van der Waals surface area contributed by atoms with Gasteiger partial charge < -0.3 is 20.2 Å². The molecule has 1 aliphatic carbocycles. The number of aromatic carboxylic acids is 1. The Bertz CT molecular complexity index is 1360. The highest BCUT2D eigenvalue weighted by molar-refractivity contribution is 5.94. The number of carboxylic acids is 1. The predicted octanol–water partition coefficient (Wildman–Crippen LogP) is 2.93. The maximum absolute atomic E-state index is 13.1. The Morgan fingerprint density at radius 1 is 1.11 bits per heavy atom. The minimum Gasteiger partial charge on any atom is -0.478 e. The van der Waals surface area contributed by atoms with Gasteiger partial charge in [0, 0.05) is 55.6 Å². The van der Waals surface area contributed by atoms with Crippen LogP contribution in [0, 0.1) is 12.8 Å². The monoisotopic (exact) mass is 475 g/mol. The number of amides is 1. The summed E-state index contributed by atoms with van der Waals surface area (Å²) in [6, 6.07) is 9.97. The summed E-state index contributed by atoms with van der Waals surface area (Å²) in [6.07, 6.45) is 3.75. The molecule has 0 radical (unpaired) electrons. The number of aromatic nitrogens is 2. The number of pyridine rings is 1. The highest BCUT2D eigenvalue weighted by Crippen LogP contribution is 2.31. The van der Waals surface area contributed by atoms with Crippen LogP contribution in [0.5, 0.6) is 0 Å². The number of fused-ring (bicyclic) bond motifs is 1. The number of para-hydroxylation sites is 1. The van der Waals surface area contributed by atoms with E-state index >= 15 is 0 Å². The highest BCUT2D eigenvalue weighted by Gasteiger charge is 2.34. The van der Waals surface area contributed by atoms with Crippen molar-refractivity contribution in [2.75, 3.05) is 36.4 Å². The molecule has 5 rings (SSSR count). The Labute approximate surface area is 203 Å². The second-order valence-corrected chi connectivity index (χ2v) is 9.42. The van der Waals surface area contributed by atoms with Crippen molar-refractivity contribution in [3.63, 3.8) is 0 Å². The zero-order valence-electron chi connectivity index (χ0n) is 19.9. The number of benzene rings is 1. The van der Waals surface area contributed by atoms with Crippen LogP contribution < -0.4 is 15.8 Å². The van der Waals surface area contributed by atoms with E-state index in [4.69, 9.17) is 4.98 Å². The summed E-state index contributed by atoms with van der Waals surface area (Å²) in [5.41, 5.74) is 2.73. The van der Waals surface area contributed by atoms with Crippen molar-refractivity contribution in [3.8, 4) is 0 Å². The molecule has 1 unspecified atom stereocenters. The van der Waals surface area contributed by atoms with Crippen LogP contribution in [-0.2, 0) is 4.79 Å². The molecule has 35 heavy (non-hydrogen) atoms. The van der Waals surface area contributed by atoms with Crippen LogP contribution in [0.2, 0.25) is 0 Å². The van der Waals surface area contributed by atoms with Crippen LogP contribution in [0.3, 0.4) is 0 Å². The average molecular weight is 476 g/mol. The molecule has 2 N–H and O–H groups in total. The van der Waals surface area contributed by atoms with E-state index in [1.54, 1.807) is 40.9 Å². The summed E-state index contributed by atoms with van der Waals surface area (Å²) in [4.78, 5) is 46.0. The van der Waals surface area contributed by atoms with Gasteiger partial charge in [-0.1, -0.05) is 12.1 Å². The number of hydrogen-bond acceptors (Lipinski definition) is 6. The molecule has 2 aromatic heterocycles. The molecule has 0 spiro atoms. The van der Waals surface area contributed by atoms with Crippen LogP contribution in [0.1, 0.15) is 47.3 Å². The lowest BCUT2D eigenvalue weighted by molar-refractivity contribution is -0.132. The van der Waals surface area contributed by atoms with E-state index in [1.807, 2.05) is 24.8 Å². The van der Waals surface area contributed by atoms with Crippen molar-refractivity contribution in [1.82, 2.24) is 14.3 Å². The first-order valence-corrected chi connectivity index (χ1v) is 12.0. The fraction of sp³-hybridized carbons (Fsp3) is 0.385. The minimum atomic E-state index is -1.01. The van der Waals surface area contributed by atoms with Crippen molar-refractivity contribution in [2.24, 2.45) is 5.92 Å². The molecule has 3 aromatic rings. The van der Waals surface area contributed by atoms with E-state index in [0.717, 1.165) is 24.0 Å². The van der Waals surface area contributed by atoms with Gasteiger partial charge in [0.1, 0.15) is 11.5 Å². The molecule has 2 fully saturated rings. The Morgan fingerprint density at radius 3 is 2.51 bits per heavy atom. The lowest BCUT2D eigenvalue weighted by Crippen LogP contribution is -2.49. The van der Waals surface area contributed by atoms with Gasteiger partial charge in [-0.3, -0.25) is 14.0 Å². The summed E-state index contributed by atoms with van der Waals surface area (Å²) in [7, 11) is 0. The van der Waals surface area contributed by atoms with Crippen molar-refractivity contribution < 1.29 is 14.7 Å². The first-order chi connectivity index (χ1) is 16.8. The van der Waals surface area contributed by atoms with Gasteiger partial charge in [-0.05, 0) is 50.5 Å². The summed E-state index contributed by atoms with van der Waals surface area (Å²) < 4.78 is 1.54. The van der Waals surface area contributed by atoms with E-state index in [0.29, 0.717) is 43.3 Å². The van der Waals surface area contributed by atoms with Gasteiger partial charge in [-0.2, -0.15) is 0 Å². The second-order valence-electron chi connectivity index (χ2n) is 9.42. The lowest BCUT2D eigenvalue weighted by atomic mass is 10.1. The van der Waals surface area contributed by atoms with Gasteiger partial charge in [0.25, 0.3) is 5.56 Å². The number of carboxylic acid groups (broad SMARTS) is 1. The Morgan fingerprint density at radius 2 is 1.83 bits per heavy atom. The quantitative estimate of drug-likeness (QED) is 0.564. The molecule has 1 aliphatic heterocycles. The van der Waals surface area contributed by atoms with E-state index in [-0.39, 0.29) is 29.0 Å².